The van der Waals surface area contributed by atoms with Gasteiger partial charge in [-0.1, -0.05) is 0 Å². The van der Waals surface area contributed by atoms with E-state index in [4.69, 9.17) is 15.3 Å². The van der Waals surface area contributed by atoms with E-state index in [0.29, 0.717) is 24.3 Å². The van der Waals surface area contributed by atoms with Gasteiger partial charge in [0.2, 0.25) is 0 Å². The van der Waals surface area contributed by atoms with Crippen LogP contribution in [0.25, 0.3) is 0 Å². The lowest BCUT2D eigenvalue weighted by Crippen LogP contribution is -2.30. The zero-order valence-electron chi connectivity index (χ0n) is 10.2. The number of carbonyl (C=O) groups is 1. The normalized spacial score (nSPS) is 10.4. The second-order valence-corrected chi connectivity index (χ2v) is 3.68. The first-order chi connectivity index (χ1) is 8.69. The van der Waals surface area contributed by atoms with Crippen molar-refractivity contribution in [3.05, 3.63) is 35.1 Å². The Morgan fingerprint density at radius 1 is 1.44 bits per heavy atom. The van der Waals surface area contributed by atoms with Crippen molar-refractivity contribution in [2.24, 2.45) is 5.84 Å². The molecule has 0 bridgehead atoms. The van der Waals surface area contributed by atoms with E-state index in [2.05, 4.69) is 0 Å². The summed E-state index contributed by atoms with van der Waals surface area (Å²) in [4.78, 5) is 11.3. The Kier molecular flexibility index (Phi) is 6.27. The smallest absolute Gasteiger partial charge is 0.265 e. The fraction of sp³-hybridized carbons (Fsp3) is 0.417. The van der Waals surface area contributed by atoms with Crippen LogP contribution in [-0.4, -0.2) is 26.2 Å². The van der Waals surface area contributed by atoms with Gasteiger partial charge in [0.25, 0.3) is 5.91 Å². The molecule has 0 unspecified atom stereocenters. The second-order valence-electron chi connectivity index (χ2n) is 3.68. The summed E-state index contributed by atoms with van der Waals surface area (Å²) < 4.78 is 23.6. The highest BCUT2D eigenvalue weighted by Gasteiger charge is 2.08. The van der Waals surface area contributed by atoms with Crippen molar-refractivity contribution in [1.29, 1.82) is 0 Å². The Morgan fingerprint density at radius 2 is 2.22 bits per heavy atom. The Labute approximate surface area is 105 Å². The van der Waals surface area contributed by atoms with E-state index >= 15 is 0 Å². The molecule has 1 rings (SSSR count). The molecular formula is C12H17FN2O3. The van der Waals surface area contributed by atoms with Crippen molar-refractivity contribution in [2.45, 2.75) is 13.0 Å². The molecule has 0 atom stereocenters. The molecule has 100 valence electrons. The van der Waals surface area contributed by atoms with Gasteiger partial charge in [-0.25, -0.2) is 10.2 Å². The highest BCUT2D eigenvalue weighted by atomic mass is 19.1. The number of nitrogen functional groups attached to an aromatic ring is 1. The number of methoxy groups -OCH3 is 1. The minimum Gasteiger partial charge on any atom is -0.385 e. The average molecular weight is 256 g/mol. The summed E-state index contributed by atoms with van der Waals surface area (Å²) in [7, 11) is 1.61. The van der Waals surface area contributed by atoms with Gasteiger partial charge in [0, 0.05) is 31.5 Å². The predicted octanol–water partition coefficient (Wildman–Crippen LogP) is 0.982. The predicted molar refractivity (Wildman–Crippen MR) is 64.2 cm³/mol. The number of rotatable bonds is 7. The maximum Gasteiger partial charge on any atom is 0.265 e. The summed E-state index contributed by atoms with van der Waals surface area (Å²) >= 11 is 0. The van der Waals surface area contributed by atoms with Crippen LogP contribution < -0.4 is 11.3 Å². The van der Waals surface area contributed by atoms with Gasteiger partial charge in [-0.15, -0.1) is 0 Å². The van der Waals surface area contributed by atoms with Crippen LogP contribution in [0.3, 0.4) is 0 Å². The van der Waals surface area contributed by atoms with E-state index in [9.17, 15) is 9.18 Å². The molecular weight excluding hydrogens is 239 g/mol. The molecule has 0 aliphatic heterocycles. The van der Waals surface area contributed by atoms with Gasteiger partial charge >= 0.3 is 0 Å². The molecule has 3 N–H and O–H groups in total. The van der Waals surface area contributed by atoms with Gasteiger partial charge < -0.3 is 9.47 Å². The third-order valence-corrected chi connectivity index (χ3v) is 2.33. The third-order valence-electron chi connectivity index (χ3n) is 2.33. The van der Waals surface area contributed by atoms with Gasteiger partial charge in [-0.05, 0) is 24.6 Å². The summed E-state index contributed by atoms with van der Waals surface area (Å²) in [6, 6.07) is 4.01. The van der Waals surface area contributed by atoms with Crippen LogP contribution in [0, 0.1) is 5.82 Å². The minimum atomic E-state index is -0.462. The fourth-order valence-electron chi connectivity index (χ4n) is 1.40. The van der Waals surface area contributed by atoms with Crippen molar-refractivity contribution in [3.63, 3.8) is 0 Å². The summed E-state index contributed by atoms with van der Waals surface area (Å²) in [5, 5.41) is 0. The van der Waals surface area contributed by atoms with E-state index in [1.165, 1.54) is 18.2 Å². The lowest BCUT2D eigenvalue weighted by Gasteiger charge is -2.07. The van der Waals surface area contributed by atoms with E-state index < -0.39 is 11.7 Å². The Morgan fingerprint density at radius 3 is 2.89 bits per heavy atom. The number of carbonyl (C=O) groups excluding carboxylic acids is 1. The number of ether oxygens (including phenoxy) is 2. The lowest BCUT2D eigenvalue weighted by molar-refractivity contribution is 0.0909. The van der Waals surface area contributed by atoms with E-state index in [0.717, 1.165) is 6.42 Å². The topological polar surface area (TPSA) is 73.6 Å². The van der Waals surface area contributed by atoms with Crippen LogP contribution in [0.5, 0.6) is 0 Å². The Balaban J connectivity index is 2.56. The molecule has 0 aliphatic rings. The van der Waals surface area contributed by atoms with Crippen LogP contribution in [-0.2, 0) is 16.1 Å². The van der Waals surface area contributed by atoms with Crippen LogP contribution >= 0.6 is 0 Å². The summed E-state index contributed by atoms with van der Waals surface area (Å²) in [5.74, 6) is 4.14. The number of benzene rings is 1. The quantitative estimate of drug-likeness (QED) is 0.330. The van der Waals surface area contributed by atoms with Crippen LogP contribution in [0.4, 0.5) is 4.39 Å². The zero-order chi connectivity index (χ0) is 13.4. The molecule has 6 heteroatoms. The van der Waals surface area contributed by atoms with E-state index in [1.54, 1.807) is 7.11 Å². The van der Waals surface area contributed by atoms with Crippen molar-refractivity contribution in [3.8, 4) is 0 Å². The highest BCUT2D eigenvalue weighted by molar-refractivity contribution is 5.93. The Bertz CT molecular complexity index is 399. The second kappa shape index (κ2) is 7.75. The standard InChI is InChI=1S/C12H17FN2O3/c1-17-5-2-6-18-8-10-7-9(12(16)15-14)3-4-11(10)13/h3-4,7H,2,5-6,8,14H2,1H3,(H,15,16). The summed E-state index contributed by atoms with van der Waals surface area (Å²) in [5.41, 5.74) is 2.62. The monoisotopic (exact) mass is 256 g/mol. The molecule has 1 amide bonds. The summed E-state index contributed by atoms with van der Waals surface area (Å²) in [6.07, 6.45) is 0.737. The molecule has 5 nitrogen and oxygen atoms in total. The number of hydrogen-bond acceptors (Lipinski definition) is 4. The number of amides is 1. The number of hydrogen-bond donors (Lipinski definition) is 2. The van der Waals surface area contributed by atoms with Crippen molar-refractivity contribution >= 4 is 5.91 Å². The maximum atomic E-state index is 13.4. The number of nitrogens with one attached hydrogen (secondary N) is 1. The van der Waals surface area contributed by atoms with Crippen LogP contribution in [0.15, 0.2) is 18.2 Å². The lowest BCUT2D eigenvalue weighted by atomic mass is 10.1. The molecule has 18 heavy (non-hydrogen) atoms. The molecule has 0 spiro atoms. The largest absolute Gasteiger partial charge is 0.385 e. The van der Waals surface area contributed by atoms with Gasteiger partial charge in [0.1, 0.15) is 5.82 Å². The first-order valence-electron chi connectivity index (χ1n) is 5.55. The number of halogens is 1. The molecule has 1 aromatic carbocycles. The zero-order valence-corrected chi connectivity index (χ0v) is 10.2. The molecule has 0 aromatic heterocycles. The van der Waals surface area contributed by atoms with Gasteiger partial charge in [-0.3, -0.25) is 10.2 Å². The van der Waals surface area contributed by atoms with Crippen LogP contribution in [0.2, 0.25) is 0 Å². The van der Waals surface area contributed by atoms with E-state index in [-0.39, 0.29) is 6.61 Å². The molecule has 0 saturated carbocycles. The van der Waals surface area contributed by atoms with Gasteiger partial charge in [-0.2, -0.15) is 0 Å². The maximum absolute atomic E-state index is 13.4. The summed E-state index contributed by atoms with van der Waals surface area (Å²) in [6.45, 7) is 1.18. The molecule has 0 aliphatic carbocycles. The SMILES string of the molecule is COCCCOCc1cc(C(=O)NN)ccc1F. The third kappa shape index (κ3) is 4.40. The van der Waals surface area contributed by atoms with Crippen molar-refractivity contribution in [1.82, 2.24) is 5.43 Å². The van der Waals surface area contributed by atoms with Crippen LogP contribution in [0.1, 0.15) is 22.3 Å². The molecule has 0 radical (unpaired) electrons. The van der Waals surface area contributed by atoms with Gasteiger partial charge in [0.05, 0.1) is 6.61 Å². The molecule has 0 heterocycles. The number of hydrazine groups is 1. The first-order valence-corrected chi connectivity index (χ1v) is 5.55. The molecule has 1 aromatic rings. The molecule has 0 fully saturated rings. The first kappa shape index (κ1) is 14.6. The highest BCUT2D eigenvalue weighted by Crippen LogP contribution is 2.12. The van der Waals surface area contributed by atoms with Crippen molar-refractivity contribution in [2.75, 3.05) is 20.3 Å². The van der Waals surface area contributed by atoms with E-state index in [1.807, 2.05) is 5.43 Å². The average Bonchev–Trinajstić information content (AvgIpc) is 2.39. The molecule has 0 saturated heterocycles. The minimum absolute atomic E-state index is 0.112. The van der Waals surface area contributed by atoms with Crippen molar-refractivity contribution < 1.29 is 18.7 Å². The number of nitrogens with two attached hydrogens (primary N) is 1. The van der Waals surface area contributed by atoms with Gasteiger partial charge in [0.15, 0.2) is 0 Å². The fourth-order valence-corrected chi connectivity index (χ4v) is 1.40. The Hall–Kier alpha value is -1.50.